The molecule has 6 heteroatoms. The number of piperidine rings is 1. The van der Waals surface area contributed by atoms with Gasteiger partial charge in [-0.15, -0.1) is 0 Å². The van der Waals surface area contributed by atoms with E-state index >= 15 is 0 Å². The van der Waals surface area contributed by atoms with Crippen LogP contribution in [0.5, 0.6) is 0 Å². The molecule has 7 fully saturated rings. The van der Waals surface area contributed by atoms with Crippen molar-refractivity contribution in [2.45, 2.75) is 128 Å². The Morgan fingerprint density at radius 1 is 0.538 bits per heavy atom. The van der Waals surface area contributed by atoms with E-state index < -0.39 is 0 Å². The van der Waals surface area contributed by atoms with Crippen LogP contribution < -0.4 is 0 Å². The van der Waals surface area contributed by atoms with E-state index in [1.807, 2.05) is 0 Å². The predicted molar refractivity (Wildman–Crippen MR) is 185 cm³/mol. The number of likely N-dealkylation sites (tertiary alicyclic amines) is 3. The number of likely N-dealkylation sites (N-methyl/N-ethyl adjacent to an activating group) is 4. The zero-order valence-electron chi connectivity index (χ0n) is 23.8. The topological polar surface area (TPSA) is 18.5 Å². The Morgan fingerprint density at radius 3 is 0.872 bits per heavy atom. The molecule has 39 heavy (non-hydrogen) atoms. The highest BCUT2D eigenvalue weighted by Gasteiger charge is 2.47. The van der Waals surface area contributed by atoms with Crippen LogP contribution in [-0.2, 0) is 0 Å². The van der Waals surface area contributed by atoms with Crippen LogP contribution in [0, 0.1) is 0 Å². The maximum absolute atomic E-state index is 2.48. The van der Waals surface area contributed by atoms with Crippen LogP contribution in [0.3, 0.4) is 0 Å². The van der Waals surface area contributed by atoms with Gasteiger partial charge in [0.05, 0.1) is 0 Å². The molecule has 0 aromatic rings. The van der Waals surface area contributed by atoms with Gasteiger partial charge in [0, 0.05) is 49.8 Å². The number of rotatable bonds is 0. The SMILES string of the molecule is C.C.C.C.C.C.CC1CN1C.CN1C2CCCC21.CN1CC1.CN1CC1(C)C.CN1CCC1.CN1CCCC1. The van der Waals surface area contributed by atoms with Gasteiger partial charge in [-0.3, -0.25) is 9.80 Å². The Balaban J connectivity index is -0.000000116. The minimum atomic E-state index is 0. The van der Waals surface area contributed by atoms with E-state index in [0.717, 1.165) is 18.1 Å². The highest BCUT2D eigenvalue weighted by atomic mass is 15.3. The van der Waals surface area contributed by atoms with Crippen molar-refractivity contribution >= 4 is 0 Å². The third-order valence-electron chi connectivity index (χ3n) is 8.21. The van der Waals surface area contributed by atoms with Crippen LogP contribution in [-0.4, -0.2) is 148 Å². The average molecular weight is 563 g/mol. The third-order valence-corrected chi connectivity index (χ3v) is 8.21. The molecule has 6 heterocycles. The number of nitrogens with zero attached hydrogens (tertiary/aromatic N) is 6. The van der Waals surface area contributed by atoms with Gasteiger partial charge in [-0.2, -0.15) is 0 Å². The molecule has 6 aliphatic heterocycles. The van der Waals surface area contributed by atoms with E-state index in [4.69, 9.17) is 0 Å². The summed E-state index contributed by atoms with van der Waals surface area (Å²) in [7, 11) is 12.9. The quantitative estimate of drug-likeness (QED) is 0.305. The normalized spacial score (nSPS) is 32.5. The van der Waals surface area contributed by atoms with Gasteiger partial charge >= 0.3 is 0 Å². The highest BCUT2D eigenvalue weighted by Crippen LogP contribution is 2.40. The summed E-state index contributed by atoms with van der Waals surface area (Å²) in [6, 6.07) is 2.91. The molecular weight excluding hydrogens is 480 g/mol. The Kier molecular flexibility index (Phi) is 29.0. The minimum Gasteiger partial charge on any atom is -0.306 e. The van der Waals surface area contributed by atoms with E-state index in [9.17, 15) is 0 Å². The van der Waals surface area contributed by atoms with E-state index in [2.05, 4.69) is 92.5 Å². The molecule has 0 aromatic carbocycles. The highest BCUT2D eigenvalue weighted by molar-refractivity contribution is 5.04. The summed E-state index contributed by atoms with van der Waals surface area (Å²) in [5.41, 5.74) is 0.542. The Morgan fingerprint density at radius 2 is 0.795 bits per heavy atom. The standard InChI is InChI=1S/C6H11N.2C5H11N.2C4H9N.C3H7N.6CH4/c1-7-5-3-2-4-6(5)7;1-5(2)4-6(5)3;1-6-4-2-3-5-6;1-4-3-5(4)2;1-5-3-2-4-5;1-4-2-3-4;;;;;;/h5-6H,2-4H2,1H3;4H2,1-3H3;2-5H2,1H3;4H,3H2,1-2H3;2-4H2,1H3;2-3H2,1H3;6*1H4. The maximum atomic E-state index is 2.48. The van der Waals surface area contributed by atoms with E-state index in [1.165, 1.54) is 90.9 Å². The van der Waals surface area contributed by atoms with Crippen LogP contribution in [0.15, 0.2) is 0 Å². The fourth-order valence-electron chi connectivity index (χ4n) is 4.17. The van der Waals surface area contributed by atoms with E-state index in [-0.39, 0.29) is 44.6 Å². The summed E-state index contributed by atoms with van der Waals surface area (Å²) in [6.07, 6.45) is 8.67. The van der Waals surface area contributed by atoms with E-state index in [1.54, 1.807) is 0 Å². The van der Waals surface area contributed by atoms with Gasteiger partial charge in [0.25, 0.3) is 0 Å². The molecule has 6 nitrogen and oxygen atoms in total. The van der Waals surface area contributed by atoms with Gasteiger partial charge in [0.2, 0.25) is 0 Å². The summed E-state index contributed by atoms with van der Waals surface area (Å²) in [5.74, 6) is 0. The molecule has 0 N–H and O–H groups in total. The molecule has 5 unspecified atom stereocenters. The molecule has 7 aliphatic rings. The molecule has 0 amide bonds. The molecule has 244 valence electrons. The van der Waals surface area contributed by atoms with Crippen molar-refractivity contribution in [2.75, 3.05) is 94.6 Å². The fourth-order valence-corrected chi connectivity index (χ4v) is 4.17. The molecule has 1 aliphatic carbocycles. The van der Waals surface area contributed by atoms with Crippen molar-refractivity contribution in [1.82, 2.24) is 29.4 Å². The molecule has 7 rings (SSSR count). The molecule has 0 radical (unpaired) electrons. The maximum Gasteiger partial charge on any atom is 0.0278 e. The van der Waals surface area contributed by atoms with Crippen molar-refractivity contribution in [1.29, 1.82) is 0 Å². The molecule has 0 aromatic heterocycles. The van der Waals surface area contributed by atoms with Crippen LogP contribution in [0.1, 0.15) is 104 Å². The zero-order chi connectivity index (χ0) is 24.6. The first-order valence-electron chi connectivity index (χ1n) is 13.7. The predicted octanol–water partition coefficient (Wildman–Crippen LogP) is 6.67. The number of hydrogen-bond donors (Lipinski definition) is 0. The summed E-state index contributed by atoms with van der Waals surface area (Å²) in [6.45, 7) is 17.2. The van der Waals surface area contributed by atoms with Crippen LogP contribution in [0.2, 0.25) is 0 Å². The lowest BCUT2D eigenvalue weighted by Gasteiger charge is -2.24. The van der Waals surface area contributed by atoms with Crippen LogP contribution in [0.25, 0.3) is 0 Å². The molecule has 1 saturated carbocycles. The minimum absolute atomic E-state index is 0. The monoisotopic (exact) mass is 563 g/mol. The van der Waals surface area contributed by atoms with Crippen molar-refractivity contribution < 1.29 is 0 Å². The lowest BCUT2D eigenvalue weighted by Crippen LogP contribution is -2.32. The molecule has 6 saturated heterocycles. The van der Waals surface area contributed by atoms with Crippen LogP contribution >= 0.6 is 0 Å². The average Bonchev–Trinajstić information content (AvgIpc) is 3.70. The first kappa shape index (κ1) is 48.5. The largest absolute Gasteiger partial charge is 0.306 e. The van der Waals surface area contributed by atoms with Crippen molar-refractivity contribution in [3.8, 4) is 0 Å². The van der Waals surface area contributed by atoms with Gasteiger partial charge in [0.1, 0.15) is 0 Å². The lowest BCUT2D eigenvalue weighted by atomic mass is 10.2. The second-order valence-corrected chi connectivity index (χ2v) is 12.2. The van der Waals surface area contributed by atoms with Gasteiger partial charge < -0.3 is 19.6 Å². The summed E-state index contributed by atoms with van der Waals surface area (Å²) in [5, 5.41) is 0. The molecular formula is C33H82N6. The summed E-state index contributed by atoms with van der Waals surface area (Å²) < 4.78 is 0. The number of fused-ring (bicyclic) bond motifs is 1. The second-order valence-electron chi connectivity index (χ2n) is 12.2. The van der Waals surface area contributed by atoms with Crippen molar-refractivity contribution in [3.05, 3.63) is 0 Å². The number of hydrogen-bond acceptors (Lipinski definition) is 6. The van der Waals surface area contributed by atoms with Gasteiger partial charge in [-0.1, -0.05) is 51.0 Å². The summed E-state index contributed by atoms with van der Waals surface area (Å²) >= 11 is 0. The zero-order valence-corrected chi connectivity index (χ0v) is 23.8. The van der Waals surface area contributed by atoms with Crippen molar-refractivity contribution in [2.24, 2.45) is 0 Å². The fraction of sp³-hybridized carbons (Fsp3) is 1.00. The first-order chi connectivity index (χ1) is 15.5. The smallest absolute Gasteiger partial charge is 0.0278 e. The lowest BCUT2D eigenvalue weighted by molar-refractivity contribution is 0.229. The molecule has 0 bridgehead atoms. The van der Waals surface area contributed by atoms with Gasteiger partial charge in [-0.05, 0) is 121 Å². The first-order valence-corrected chi connectivity index (χ1v) is 13.7. The molecule has 0 spiro atoms. The van der Waals surface area contributed by atoms with Gasteiger partial charge in [-0.25, -0.2) is 0 Å². The van der Waals surface area contributed by atoms with Crippen molar-refractivity contribution in [3.63, 3.8) is 0 Å². The van der Waals surface area contributed by atoms with Gasteiger partial charge in [0.15, 0.2) is 0 Å². The van der Waals surface area contributed by atoms with Crippen LogP contribution in [0.4, 0.5) is 0 Å². The summed E-state index contributed by atoms with van der Waals surface area (Å²) in [4.78, 5) is 14.0. The Hall–Kier alpha value is -0.240. The van der Waals surface area contributed by atoms with E-state index in [0.29, 0.717) is 5.54 Å². The second kappa shape index (κ2) is 23.3. The molecule has 5 atom stereocenters. The Labute approximate surface area is 251 Å². The Bertz CT molecular complexity index is 506. The third kappa shape index (κ3) is 22.1.